The van der Waals surface area contributed by atoms with Crippen LogP contribution in [0.25, 0.3) is 0 Å². The summed E-state index contributed by atoms with van der Waals surface area (Å²) in [5.74, 6) is -1.78. The Labute approximate surface area is 93.8 Å². The van der Waals surface area contributed by atoms with E-state index in [-0.39, 0.29) is 5.57 Å². The van der Waals surface area contributed by atoms with Crippen molar-refractivity contribution in [2.75, 3.05) is 0 Å². The summed E-state index contributed by atoms with van der Waals surface area (Å²) in [4.78, 5) is 20.0. The van der Waals surface area contributed by atoms with E-state index in [9.17, 15) is 9.59 Å². The van der Waals surface area contributed by atoms with E-state index in [4.69, 9.17) is 10.2 Å². The van der Waals surface area contributed by atoms with E-state index in [2.05, 4.69) is 6.58 Å². The molecule has 0 atom stereocenters. The van der Waals surface area contributed by atoms with Gasteiger partial charge in [-0.15, -0.1) is 0 Å². The summed E-state index contributed by atoms with van der Waals surface area (Å²) in [6.07, 6.45) is 0.523. The van der Waals surface area contributed by atoms with Gasteiger partial charge in [-0.2, -0.15) is 0 Å². The lowest BCUT2D eigenvalue weighted by molar-refractivity contribution is -0.132. The van der Waals surface area contributed by atoms with Crippen LogP contribution in [-0.4, -0.2) is 22.2 Å². The predicted molar refractivity (Wildman–Crippen MR) is 60.5 cm³/mol. The number of carbonyl (C=O) groups is 2. The Morgan fingerprint density at radius 1 is 1.19 bits per heavy atom. The molecule has 0 fully saturated rings. The predicted octanol–water partition coefficient (Wildman–Crippen LogP) is 2.42. The summed E-state index contributed by atoms with van der Waals surface area (Å²) < 4.78 is 0. The van der Waals surface area contributed by atoms with Gasteiger partial charge in [0.25, 0.3) is 0 Å². The Morgan fingerprint density at radius 3 is 1.88 bits per heavy atom. The van der Waals surface area contributed by atoms with Gasteiger partial charge < -0.3 is 10.2 Å². The van der Waals surface area contributed by atoms with Crippen LogP contribution in [0.1, 0.15) is 23.7 Å². The molecule has 0 unspecified atom stereocenters. The van der Waals surface area contributed by atoms with Gasteiger partial charge in [-0.3, -0.25) is 0 Å². The van der Waals surface area contributed by atoms with Crippen LogP contribution < -0.4 is 0 Å². The van der Waals surface area contributed by atoms with Gasteiger partial charge >= 0.3 is 11.9 Å². The average molecular weight is 222 g/mol. The maximum atomic E-state index is 10.2. The Balaban J connectivity index is 0.000000293. The molecule has 0 spiro atoms. The molecule has 0 bridgehead atoms. The van der Waals surface area contributed by atoms with E-state index in [0.717, 1.165) is 0 Å². The van der Waals surface area contributed by atoms with Gasteiger partial charge in [0.15, 0.2) is 0 Å². The zero-order valence-corrected chi connectivity index (χ0v) is 9.01. The van der Waals surface area contributed by atoms with Gasteiger partial charge in [0, 0.05) is 5.57 Å². The lowest BCUT2D eigenvalue weighted by Gasteiger charge is -1.88. The average Bonchev–Trinajstić information content (AvgIpc) is 2.29. The number of benzene rings is 1. The van der Waals surface area contributed by atoms with Crippen LogP contribution in [0.2, 0.25) is 0 Å². The highest BCUT2D eigenvalue weighted by Gasteiger charge is 1.97. The highest BCUT2D eigenvalue weighted by atomic mass is 16.4. The van der Waals surface area contributed by atoms with E-state index in [0.29, 0.717) is 12.0 Å². The van der Waals surface area contributed by atoms with Gasteiger partial charge in [0.05, 0.1) is 5.56 Å². The van der Waals surface area contributed by atoms with Crippen LogP contribution in [0.4, 0.5) is 0 Å². The number of rotatable bonds is 3. The molecule has 0 saturated carbocycles. The van der Waals surface area contributed by atoms with Gasteiger partial charge in [-0.1, -0.05) is 31.7 Å². The Hall–Kier alpha value is -2.10. The molecule has 1 aromatic rings. The maximum Gasteiger partial charge on any atom is 0.335 e. The topological polar surface area (TPSA) is 74.6 Å². The van der Waals surface area contributed by atoms with Gasteiger partial charge in [-0.05, 0) is 18.6 Å². The van der Waals surface area contributed by atoms with Crippen LogP contribution in [0, 0.1) is 0 Å². The van der Waals surface area contributed by atoms with E-state index in [1.807, 2.05) is 0 Å². The number of carboxylic acid groups (broad SMARTS) is 2. The molecular formula is C12H14O4. The van der Waals surface area contributed by atoms with Crippen molar-refractivity contribution in [2.24, 2.45) is 0 Å². The maximum absolute atomic E-state index is 10.2. The van der Waals surface area contributed by atoms with E-state index < -0.39 is 11.9 Å². The lowest BCUT2D eigenvalue weighted by Crippen LogP contribution is -1.95. The van der Waals surface area contributed by atoms with Crippen LogP contribution >= 0.6 is 0 Å². The largest absolute Gasteiger partial charge is 0.478 e. The first-order chi connectivity index (χ1) is 7.49. The first kappa shape index (κ1) is 13.9. The van der Waals surface area contributed by atoms with Crippen molar-refractivity contribution in [3.8, 4) is 0 Å². The minimum absolute atomic E-state index is 0.264. The van der Waals surface area contributed by atoms with Gasteiger partial charge in [0.2, 0.25) is 0 Å². The van der Waals surface area contributed by atoms with Gasteiger partial charge in [-0.25, -0.2) is 9.59 Å². The zero-order valence-electron chi connectivity index (χ0n) is 9.01. The fourth-order valence-corrected chi connectivity index (χ4v) is 0.732. The number of aromatic carboxylic acids is 1. The van der Waals surface area contributed by atoms with Crippen molar-refractivity contribution in [1.29, 1.82) is 0 Å². The van der Waals surface area contributed by atoms with Crippen molar-refractivity contribution >= 4 is 11.9 Å². The fourth-order valence-electron chi connectivity index (χ4n) is 0.732. The summed E-state index contributed by atoms with van der Waals surface area (Å²) in [6.45, 7) is 5.03. The van der Waals surface area contributed by atoms with E-state index in [1.165, 1.54) is 0 Å². The minimum Gasteiger partial charge on any atom is -0.478 e. The van der Waals surface area contributed by atoms with Crippen LogP contribution in [-0.2, 0) is 4.79 Å². The second-order valence-corrected chi connectivity index (χ2v) is 2.93. The fraction of sp³-hybridized carbons (Fsp3) is 0.167. The molecule has 4 nitrogen and oxygen atoms in total. The highest BCUT2D eigenvalue weighted by Crippen LogP contribution is 1.96. The second-order valence-electron chi connectivity index (χ2n) is 2.93. The number of aliphatic carboxylic acids is 1. The van der Waals surface area contributed by atoms with Crippen LogP contribution in [0.5, 0.6) is 0 Å². The van der Waals surface area contributed by atoms with E-state index in [1.54, 1.807) is 37.3 Å². The van der Waals surface area contributed by atoms with Gasteiger partial charge in [0.1, 0.15) is 0 Å². The standard InChI is InChI=1S/C7H6O2.C5H8O2/c8-7(9)6-4-2-1-3-5-6;1-3-4(2)5(6)7/h1-5H,(H,8,9);2-3H2,1H3,(H,6,7). The number of hydrogen-bond donors (Lipinski definition) is 2. The first-order valence-electron chi connectivity index (χ1n) is 4.68. The summed E-state index contributed by atoms with van der Waals surface area (Å²) >= 11 is 0. The molecule has 0 aliphatic carbocycles. The molecule has 86 valence electrons. The monoisotopic (exact) mass is 222 g/mol. The van der Waals surface area contributed by atoms with Crippen molar-refractivity contribution in [1.82, 2.24) is 0 Å². The quantitative estimate of drug-likeness (QED) is 0.770. The zero-order chi connectivity index (χ0) is 12.6. The molecular weight excluding hydrogens is 208 g/mol. The molecule has 0 saturated heterocycles. The van der Waals surface area contributed by atoms with Crippen molar-refractivity contribution < 1.29 is 19.8 Å². The molecule has 1 rings (SSSR count). The summed E-state index contributed by atoms with van der Waals surface area (Å²) in [5.41, 5.74) is 0.595. The van der Waals surface area contributed by atoms with Crippen LogP contribution in [0.15, 0.2) is 42.5 Å². The third-order valence-electron chi connectivity index (χ3n) is 1.75. The third-order valence-corrected chi connectivity index (χ3v) is 1.75. The molecule has 16 heavy (non-hydrogen) atoms. The summed E-state index contributed by atoms with van der Waals surface area (Å²) in [7, 11) is 0. The first-order valence-corrected chi connectivity index (χ1v) is 4.68. The highest BCUT2D eigenvalue weighted by molar-refractivity contribution is 5.87. The van der Waals surface area contributed by atoms with Crippen molar-refractivity contribution in [2.45, 2.75) is 13.3 Å². The second kappa shape index (κ2) is 7.23. The molecule has 0 amide bonds. The Morgan fingerprint density at radius 2 is 1.69 bits per heavy atom. The summed E-state index contributed by atoms with van der Waals surface area (Å²) in [6, 6.07) is 8.30. The van der Waals surface area contributed by atoms with Crippen molar-refractivity contribution in [3.63, 3.8) is 0 Å². The number of hydrogen-bond acceptors (Lipinski definition) is 2. The Kier molecular flexibility index (Phi) is 6.28. The van der Waals surface area contributed by atoms with Crippen molar-refractivity contribution in [3.05, 3.63) is 48.0 Å². The molecule has 2 N–H and O–H groups in total. The molecule has 0 aliphatic rings. The van der Waals surface area contributed by atoms with E-state index >= 15 is 0 Å². The van der Waals surface area contributed by atoms with Crippen LogP contribution in [0.3, 0.4) is 0 Å². The third kappa shape index (κ3) is 5.59. The molecule has 0 radical (unpaired) electrons. The SMILES string of the molecule is C=C(CC)C(=O)O.O=C(O)c1ccccc1. The molecule has 1 aromatic carbocycles. The minimum atomic E-state index is -0.900. The lowest BCUT2D eigenvalue weighted by atomic mass is 10.2. The summed E-state index contributed by atoms with van der Waals surface area (Å²) in [5, 5.41) is 16.5. The Bertz CT molecular complexity index is 368. The molecule has 0 heterocycles. The normalized spacial score (nSPS) is 8.56. The smallest absolute Gasteiger partial charge is 0.335 e. The molecule has 0 aliphatic heterocycles. The molecule has 4 heteroatoms. The molecule has 0 aromatic heterocycles. The number of carboxylic acids is 2.